The van der Waals surface area contributed by atoms with E-state index in [-0.39, 0.29) is 16.9 Å². The lowest BCUT2D eigenvalue weighted by Gasteiger charge is -2.07. The van der Waals surface area contributed by atoms with Crippen LogP contribution in [-0.2, 0) is 4.79 Å². The Bertz CT molecular complexity index is 568. The van der Waals surface area contributed by atoms with E-state index in [4.69, 9.17) is 4.74 Å². The molecule has 1 aliphatic heterocycles. The summed E-state index contributed by atoms with van der Waals surface area (Å²) < 4.78 is 4.99. The molecule has 1 fully saturated rings. The highest BCUT2D eigenvalue weighted by molar-refractivity contribution is 8.18. The van der Waals surface area contributed by atoms with Gasteiger partial charge in [-0.2, -0.15) is 0 Å². The van der Waals surface area contributed by atoms with Gasteiger partial charge in [0.2, 0.25) is 0 Å². The SMILES string of the molecule is CCN1C(=O)S/C(=C/c2ccc(O)c(OC)c2)C1=O. The number of imide groups is 1. The van der Waals surface area contributed by atoms with Crippen LogP contribution in [0.1, 0.15) is 12.5 Å². The Hall–Kier alpha value is -1.95. The van der Waals surface area contributed by atoms with Crippen LogP contribution in [0.25, 0.3) is 6.08 Å². The summed E-state index contributed by atoms with van der Waals surface area (Å²) >= 11 is 0.914. The quantitative estimate of drug-likeness (QED) is 0.861. The zero-order valence-corrected chi connectivity index (χ0v) is 11.4. The van der Waals surface area contributed by atoms with E-state index in [9.17, 15) is 14.7 Å². The third-order valence-corrected chi connectivity index (χ3v) is 3.60. The number of thioether (sulfide) groups is 1. The molecule has 0 unspecified atom stereocenters. The van der Waals surface area contributed by atoms with Gasteiger partial charge in [0.1, 0.15) is 0 Å². The van der Waals surface area contributed by atoms with Gasteiger partial charge in [0, 0.05) is 6.54 Å². The van der Waals surface area contributed by atoms with Gasteiger partial charge < -0.3 is 9.84 Å². The average molecular weight is 279 g/mol. The van der Waals surface area contributed by atoms with Crippen molar-refractivity contribution in [2.45, 2.75) is 6.92 Å². The first-order chi connectivity index (χ1) is 9.06. The number of nitrogens with zero attached hydrogens (tertiary/aromatic N) is 1. The predicted molar refractivity (Wildman–Crippen MR) is 73.0 cm³/mol. The van der Waals surface area contributed by atoms with Crippen molar-refractivity contribution in [3.05, 3.63) is 28.7 Å². The number of amides is 2. The Morgan fingerprint density at radius 1 is 1.42 bits per heavy atom. The van der Waals surface area contributed by atoms with Crippen molar-refractivity contribution in [1.82, 2.24) is 4.90 Å². The van der Waals surface area contributed by atoms with Gasteiger partial charge in [0.15, 0.2) is 11.5 Å². The fraction of sp³-hybridized carbons (Fsp3) is 0.231. The standard InChI is InChI=1S/C13H13NO4S/c1-3-14-12(16)11(19-13(14)17)7-8-4-5-9(15)10(6-8)18-2/h4-7,15H,3H2,1-2H3/b11-7+. The number of rotatable bonds is 3. The molecule has 0 aliphatic carbocycles. The molecule has 1 aromatic carbocycles. The molecule has 1 saturated heterocycles. The lowest BCUT2D eigenvalue weighted by Crippen LogP contribution is -2.27. The van der Waals surface area contributed by atoms with Crippen molar-refractivity contribution in [2.75, 3.05) is 13.7 Å². The molecule has 1 aliphatic rings. The van der Waals surface area contributed by atoms with E-state index in [1.165, 1.54) is 18.1 Å². The van der Waals surface area contributed by atoms with E-state index in [2.05, 4.69) is 0 Å². The minimum absolute atomic E-state index is 0.0290. The van der Waals surface area contributed by atoms with Crippen molar-refractivity contribution < 1.29 is 19.4 Å². The lowest BCUT2D eigenvalue weighted by molar-refractivity contribution is -0.122. The second-order valence-corrected chi connectivity index (χ2v) is 4.85. The van der Waals surface area contributed by atoms with Gasteiger partial charge in [0.25, 0.3) is 11.1 Å². The Morgan fingerprint density at radius 2 is 2.16 bits per heavy atom. The number of hydrogen-bond donors (Lipinski definition) is 1. The summed E-state index contributed by atoms with van der Waals surface area (Å²) in [4.78, 5) is 25.0. The van der Waals surface area contributed by atoms with Gasteiger partial charge in [-0.1, -0.05) is 6.07 Å². The van der Waals surface area contributed by atoms with E-state index in [1.54, 1.807) is 25.1 Å². The normalized spacial score (nSPS) is 17.4. The maximum atomic E-state index is 11.9. The predicted octanol–water partition coefficient (Wildman–Crippen LogP) is 2.46. The monoisotopic (exact) mass is 279 g/mol. The van der Waals surface area contributed by atoms with E-state index < -0.39 is 0 Å². The Labute approximate surface area is 114 Å². The molecule has 0 atom stereocenters. The summed E-state index contributed by atoms with van der Waals surface area (Å²) in [7, 11) is 1.45. The molecule has 5 nitrogen and oxygen atoms in total. The Kier molecular flexibility index (Phi) is 3.80. The van der Waals surface area contributed by atoms with Crippen molar-refractivity contribution in [3.8, 4) is 11.5 Å². The minimum Gasteiger partial charge on any atom is -0.504 e. The number of phenols is 1. The highest BCUT2D eigenvalue weighted by atomic mass is 32.2. The molecule has 19 heavy (non-hydrogen) atoms. The average Bonchev–Trinajstić information content (AvgIpc) is 2.66. The molecule has 100 valence electrons. The van der Waals surface area contributed by atoms with Crippen LogP contribution in [0.3, 0.4) is 0 Å². The molecule has 1 heterocycles. The topological polar surface area (TPSA) is 66.8 Å². The molecule has 1 N–H and O–H groups in total. The van der Waals surface area contributed by atoms with Gasteiger partial charge >= 0.3 is 0 Å². The van der Waals surface area contributed by atoms with Crippen LogP contribution in [0.2, 0.25) is 0 Å². The van der Waals surface area contributed by atoms with Gasteiger partial charge in [-0.25, -0.2) is 0 Å². The van der Waals surface area contributed by atoms with E-state index in [0.29, 0.717) is 22.8 Å². The smallest absolute Gasteiger partial charge is 0.293 e. The first-order valence-electron chi connectivity index (χ1n) is 5.69. The molecule has 0 radical (unpaired) electrons. The van der Waals surface area contributed by atoms with Gasteiger partial charge in [0.05, 0.1) is 12.0 Å². The van der Waals surface area contributed by atoms with Crippen molar-refractivity contribution >= 4 is 29.0 Å². The molecule has 2 amide bonds. The third-order valence-electron chi connectivity index (χ3n) is 2.69. The van der Waals surface area contributed by atoms with E-state index >= 15 is 0 Å². The van der Waals surface area contributed by atoms with Crippen molar-refractivity contribution in [3.63, 3.8) is 0 Å². The second-order valence-electron chi connectivity index (χ2n) is 3.86. The zero-order valence-electron chi connectivity index (χ0n) is 10.5. The summed E-state index contributed by atoms with van der Waals surface area (Å²) in [5, 5.41) is 9.23. The van der Waals surface area contributed by atoms with Crippen LogP contribution in [-0.4, -0.2) is 34.8 Å². The highest BCUT2D eigenvalue weighted by Crippen LogP contribution is 2.33. The van der Waals surface area contributed by atoms with Crippen LogP contribution in [0.4, 0.5) is 4.79 Å². The summed E-state index contributed by atoms with van der Waals surface area (Å²) in [5.74, 6) is 0.0642. The van der Waals surface area contributed by atoms with Crippen LogP contribution in [0, 0.1) is 0 Å². The maximum absolute atomic E-state index is 11.9. The highest BCUT2D eigenvalue weighted by Gasteiger charge is 2.33. The molecular formula is C13H13NO4S. The largest absolute Gasteiger partial charge is 0.504 e. The van der Waals surface area contributed by atoms with Crippen molar-refractivity contribution in [2.24, 2.45) is 0 Å². The molecule has 0 saturated carbocycles. The molecule has 0 aromatic heterocycles. The fourth-order valence-corrected chi connectivity index (χ4v) is 2.61. The van der Waals surface area contributed by atoms with Crippen LogP contribution in [0.5, 0.6) is 11.5 Å². The fourth-order valence-electron chi connectivity index (χ4n) is 1.71. The van der Waals surface area contributed by atoms with Gasteiger partial charge in [-0.3, -0.25) is 14.5 Å². The van der Waals surface area contributed by atoms with Gasteiger partial charge in [-0.05, 0) is 42.5 Å². The molecule has 1 aromatic rings. The van der Waals surface area contributed by atoms with Crippen LogP contribution >= 0.6 is 11.8 Å². The Balaban J connectivity index is 2.32. The number of ether oxygens (including phenoxy) is 1. The number of carbonyl (C=O) groups excluding carboxylic acids is 2. The molecule has 2 rings (SSSR count). The number of carbonyl (C=O) groups is 2. The first kappa shape index (κ1) is 13.5. The second kappa shape index (κ2) is 5.36. The number of methoxy groups -OCH3 is 1. The van der Waals surface area contributed by atoms with E-state index in [0.717, 1.165) is 11.8 Å². The third kappa shape index (κ3) is 2.58. The minimum atomic E-state index is -0.287. The number of benzene rings is 1. The number of phenolic OH excluding ortho intramolecular Hbond substituents is 1. The molecular weight excluding hydrogens is 266 g/mol. The Morgan fingerprint density at radius 3 is 2.74 bits per heavy atom. The van der Waals surface area contributed by atoms with Gasteiger partial charge in [-0.15, -0.1) is 0 Å². The summed E-state index contributed by atoms with van der Waals surface area (Å²) in [6.45, 7) is 2.11. The van der Waals surface area contributed by atoms with E-state index in [1.807, 2.05) is 0 Å². The lowest BCUT2D eigenvalue weighted by atomic mass is 10.2. The number of aromatic hydroxyl groups is 1. The molecule has 0 spiro atoms. The molecule has 6 heteroatoms. The summed E-state index contributed by atoms with van der Waals surface area (Å²) in [5.41, 5.74) is 0.691. The number of likely N-dealkylation sites (N-methyl/N-ethyl adjacent to an activating group) is 1. The van der Waals surface area contributed by atoms with Crippen LogP contribution < -0.4 is 4.74 Å². The van der Waals surface area contributed by atoms with Crippen LogP contribution in [0.15, 0.2) is 23.1 Å². The number of hydrogen-bond acceptors (Lipinski definition) is 5. The summed E-state index contributed by atoms with van der Waals surface area (Å²) in [6, 6.07) is 4.74. The first-order valence-corrected chi connectivity index (χ1v) is 6.50. The maximum Gasteiger partial charge on any atom is 0.293 e. The summed E-state index contributed by atoms with van der Waals surface area (Å²) in [6.07, 6.45) is 1.61. The zero-order chi connectivity index (χ0) is 14.0. The molecule has 0 bridgehead atoms. The van der Waals surface area contributed by atoms with Crippen molar-refractivity contribution in [1.29, 1.82) is 0 Å².